The predicted molar refractivity (Wildman–Crippen MR) is 88.2 cm³/mol. The average Bonchev–Trinajstić information content (AvgIpc) is 2.51. The van der Waals surface area contributed by atoms with Gasteiger partial charge >= 0.3 is 0 Å². The summed E-state index contributed by atoms with van der Waals surface area (Å²) in [5.74, 6) is -1.16. The number of benzene rings is 1. The van der Waals surface area contributed by atoms with Crippen molar-refractivity contribution in [2.24, 2.45) is 0 Å². The molecule has 110 valence electrons. The summed E-state index contributed by atoms with van der Waals surface area (Å²) in [6, 6.07) is 11.4. The normalized spacial score (nSPS) is 10.7. The molecule has 0 atom stereocenters. The first-order valence-corrected chi connectivity index (χ1v) is 7.88. The molecule has 0 aliphatic rings. The summed E-state index contributed by atoms with van der Waals surface area (Å²) in [6.07, 6.45) is 1.60. The van der Waals surface area contributed by atoms with Crippen molar-refractivity contribution in [3.05, 3.63) is 69.4 Å². The summed E-state index contributed by atoms with van der Waals surface area (Å²) in [5, 5.41) is 0. The van der Waals surface area contributed by atoms with E-state index in [0.717, 1.165) is 4.47 Å². The lowest BCUT2D eigenvalue weighted by atomic mass is 10.0. The van der Waals surface area contributed by atoms with E-state index in [0.29, 0.717) is 11.3 Å². The van der Waals surface area contributed by atoms with Crippen LogP contribution in [-0.2, 0) is 0 Å². The van der Waals surface area contributed by atoms with E-state index in [2.05, 4.69) is 41.8 Å². The van der Waals surface area contributed by atoms with Gasteiger partial charge in [-0.25, -0.2) is 9.37 Å². The Bertz CT molecular complexity index is 836. The highest BCUT2D eigenvalue weighted by Gasteiger charge is 2.14. The molecule has 0 saturated carbocycles. The minimum atomic E-state index is -0.677. The van der Waals surface area contributed by atoms with E-state index < -0.39 is 11.8 Å². The lowest BCUT2D eigenvalue weighted by molar-refractivity contribution is 0.577. The number of hydrogen-bond donors (Lipinski definition) is 0. The van der Waals surface area contributed by atoms with Crippen LogP contribution in [0.1, 0.15) is 0 Å². The quantitative estimate of drug-likeness (QED) is 0.498. The van der Waals surface area contributed by atoms with Gasteiger partial charge in [0, 0.05) is 21.8 Å². The number of hydrogen-bond acceptors (Lipinski definition) is 2. The molecule has 22 heavy (non-hydrogen) atoms. The third-order valence-corrected chi connectivity index (χ3v) is 4.14. The van der Waals surface area contributed by atoms with Crippen molar-refractivity contribution in [3.63, 3.8) is 0 Å². The van der Waals surface area contributed by atoms with Gasteiger partial charge in [-0.3, -0.25) is 4.98 Å². The van der Waals surface area contributed by atoms with Crippen molar-refractivity contribution in [2.45, 2.75) is 0 Å². The van der Waals surface area contributed by atoms with Gasteiger partial charge in [0.05, 0.1) is 15.9 Å². The Morgan fingerprint density at radius 1 is 0.818 bits per heavy atom. The first kappa shape index (κ1) is 15.2. The van der Waals surface area contributed by atoms with Gasteiger partial charge < -0.3 is 0 Å². The van der Waals surface area contributed by atoms with E-state index in [4.69, 9.17) is 0 Å². The Labute approximate surface area is 142 Å². The van der Waals surface area contributed by atoms with E-state index in [1.807, 2.05) is 0 Å². The van der Waals surface area contributed by atoms with Crippen LogP contribution in [0.3, 0.4) is 0 Å². The Morgan fingerprint density at radius 3 is 2.14 bits per heavy atom. The van der Waals surface area contributed by atoms with Crippen LogP contribution in [0.2, 0.25) is 0 Å². The maximum absolute atomic E-state index is 14.8. The molecule has 3 aromatic rings. The molecular weight excluding hydrogens is 418 g/mol. The molecule has 0 aliphatic heterocycles. The maximum atomic E-state index is 14.8. The standard InChI is InChI=1S/C16H8Br2F2N2/c17-9-4-6-13(21-8-9)10-2-1-3-11(15(10)19)14-7-5-12(18)16(20)22-14/h1-8H. The van der Waals surface area contributed by atoms with Crippen molar-refractivity contribution in [2.75, 3.05) is 0 Å². The largest absolute Gasteiger partial charge is 0.255 e. The van der Waals surface area contributed by atoms with Crippen LogP contribution in [0.5, 0.6) is 0 Å². The summed E-state index contributed by atoms with van der Waals surface area (Å²) in [4.78, 5) is 7.96. The van der Waals surface area contributed by atoms with Gasteiger partial charge in [-0.1, -0.05) is 6.07 Å². The second kappa shape index (κ2) is 6.22. The first-order valence-electron chi connectivity index (χ1n) is 6.29. The number of aromatic nitrogens is 2. The molecular formula is C16H8Br2F2N2. The molecule has 2 nitrogen and oxygen atoms in total. The minimum Gasteiger partial charge on any atom is -0.255 e. The molecule has 3 rings (SSSR count). The molecule has 2 heterocycles. The molecule has 0 bridgehead atoms. The van der Waals surface area contributed by atoms with Gasteiger partial charge in [0.25, 0.3) is 0 Å². The van der Waals surface area contributed by atoms with Crippen LogP contribution in [0.25, 0.3) is 22.5 Å². The topological polar surface area (TPSA) is 25.8 Å². The second-order valence-corrected chi connectivity index (χ2v) is 6.27. The Kier molecular flexibility index (Phi) is 4.31. The Morgan fingerprint density at radius 2 is 1.50 bits per heavy atom. The second-order valence-electron chi connectivity index (χ2n) is 4.50. The highest BCUT2D eigenvalue weighted by molar-refractivity contribution is 9.10. The lowest BCUT2D eigenvalue weighted by Crippen LogP contribution is -1.95. The molecule has 2 aromatic heterocycles. The molecule has 0 N–H and O–H groups in total. The fraction of sp³-hybridized carbons (Fsp3) is 0. The molecule has 0 aliphatic carbocycles. The Balaban J connectivity index is 2.12. The van der Waals surface area contributed by atoms with E-state index in [1.165, 1.54) is 6.07 Å². The summed E-state index contributed by atoms with van der Waals surface area (Å²) in [5.41, 5.74) is 1.31. The SMILES string of the molecule is Fc1nc(-c2cccc(-c3ccc(Br)cn3)c2F)ccc1Br. The number of halogens is 4. The van der Waals surface area contributed by atoms with E-state index in [1.54, 1.807) is 42.6 Å². The summed E-state index contributed by atoms with van der Waals surface area (Å²) in [6.45, 7) is 0. The molecule has 0 unspecified atom stereocenters. The number of pyridine rings is 2. The first-order chi connectivity index (χ1) is 10.6. The van der Waals surface area contributed by atoms with Crippen LogP contribution < -0.4 is 0 Å². The summed E-state index contributed by atoms with van der Waals surface area (Å²) < 4.78 is 29.4. The van der Waals surface area contributed by atoms with Gasteiger partial charge in [-0.05, 0) is 68.3 Å². The van der Waals surface area contributed by atoms with Gasteiger partial charge in [0.2, 0.25) is 5.95 Å². The van der Waals surface area contributed by atoms with E-state index in [-0.39, 0.29) is 15.7 Å². The third kappa shape index (κ3) is 2.94. The van der Waals surface area contributed by atoms with Crippen LogP contribution in [0.15, 0.2) is 57.6 Å². The monoisotopic (exact) mass is 424 g/mol. The summed E-state index contributed by atoms with van der Waals surface area (Å²) in [7, 11) is 0. The highest BCUT2D eigenvalue weighted by Crippen LogP contribution is 2.30. The molecule has 0 amide bonds. The lowest BCUT2D eigenvalue weighted by Gasteiger charge is -2.08. The molecule has 0 spiro atoms. The van der Waals surface area contributed by atoms with Crippen molar-refractivity contribution in [1.82, 2.24) is 9.97 Å². The van der Waals surface area contributed by atoms with Crippen LogP contribution >= 0.6 is 31.9 Å². The minimum absolute atomic E-state index is 0.230. The van der Waals surface area contributed by atoms with Crippen molar-refractivity contribution in [3.8, 4) is 22.5 Å². The van der Waals surface area contributed by atoms with Gasteiger partial charge in [0.15, 0.2) is 0 Å². The summed E-state index contributed by atoms with van der Waals surface area (Å²) >= 11 is 6.32. The van der Waals surface area contributed by atoms with Crippen molar-refractivity contribution in [1.29, 1.82) is 0 Å². The highest BCUT2D eigenvalue weighted by atomic mass is 79.9. The molecule has 0 fully saturated rings. The van der Waals surface area contributed by atoms with Crippen molar-refractivity contribution >= 4 is 31.9 Å². The van der Waals surface area contributed by atoms with Gasteiger partial charge in [0.1, 0.15) is 5.82 Å². The fourth-order valence-corrected chi connectivity index (χ4v) is 2.49. The zero-order chi connectivity index (χ0) is 15.7. The number of nitrogens with zero attached hydrogens (tertiary/aromatic N) is 2. The van der Waals surface area contributed by atoms with Gasteiger partial charge in [-0.15, -0.1) is 0 Å². The van der Waals surface area contributed by atoms with E-state index >= 15 is 0 Å². The number of rotatable bonds is 2. The molecule has 0 radical (unpaired) electrons. The predicted octanol–water partition coefficient (Wildman–Crippen LogP) is 5.61. The third-order valence-electron chi connectivity index (χ3n) is 3.08. The van der Waals surface area contributed by atoms with Gasteiger partial charge in [-0.2, -0.15) is 4.39 Å². The average molecular weight is 426 g/mol. The Hall–Kier alpha value is -1.66. The molecule has 0 saturated heterocycles. The van der Waals surface area contributed by atoms with Crippen LogP contribution in [-0.4, -0.2) is 9.97 Å². The van der Waals surface area contributed by atoms with Crippen LogP contribution in [0.4, 0.5) is 8.78 Å². The zero-order valence-electron chi connectivity index (χ0n) is 11.0. The molecule has 6 heteroatoms. The van der Waals surface area contributed by atoms with E-state index in [9.17, 15) is 8.78 Å². The fourth-order valence-electron chi connectivity index (χ4n) is 2.03. The van der Waals surface area contributed by atoms with Crippen LogP contribution in [0, 0.1) is 11.8 Å². The molecule has 1 aromatic carbocycles. The van der Waals surface area contributed by atoms with Crippen molar-refractivity contribution < 1.29 is 8.78 Å². The smallest absolute Gasteiger partial charge is 0.227 e. The zero-order valence-corrected chi connectivity index (χ0v) is 14.2. The maximum Gasteiger partial charge on any atom is 0.227 e.